The summed E-state index contributed by atoms with van der Waals surface area (Å²) in [6.07, 6.45) is 2.63. The Morgan fingerprint density at radius 3 is 3.12 bits per heavy atom. The zero-order valence-corrected chi connectivity index (χ0v) is 9.71. The Morgan fingerprint density at radius 2 is 2.41 bits per heavy atom. The molecule has 1 atom stereocenters. The minimum Gasteiger partial charge on any atom is -0.354 e. The smallest absolute Gasteiger partial charge is 0.237 e. The van der Waals surface area contributed by atoms with Gasteiger partial charge in [0.05, 0.1) is 6.04 Å². The van der Waals surface area contributed by atoms with E-state index in [2.05, 4.69) is 10.6 Å². The molecule has 3 nitrogen and oxygen atoms in total. The molecule has 1 saturated heterocycles. The van der Waals surface area contributed by atoms with Crippen LogP contribution in [0.25, 0.3) is 0 Å². The van der Waals surface area contributed by atoms with Crippen LogP contribution in [0.2, 0.25) is 0 Å². The molecule has 0 saturated carbocycles. The zero-order valence-electron chi connectivity index (χ0n) is 9.71. The van der Waals surface area contributed by atoms with E-state index >= 15 is 0 Å². The van der Waals surface area contributed by atoms with Crippen LogP contribution >= 0.6 is 0 Å². The standard InChI is InChI=1S/C13H17FN2O/c14-11-4-1-3-10(9-11)6-8-16-13(17)12-5-2-7-15-12/h1,3-4,9,12,15H,2,5-8H2,(H,16,17)/t12-/m0/s1. The highest BCUT2D eigenvalue weighted by molar-refractivity contribution is 5.81. The zero-order chi connectivity index (χ0) is 12.1. The Bertz CT molecular complexity index is 389. The molecule has 1 aromatic rings. The van der Waals surface area contributed by atoms with Gasteiger partial charge in [0, 0.05) is 6.54 Å². The highest BCUT2D eigenvalue weighted by atomic mass is 19.1. The van der Waals surface area contributed by atoms with Crippen LogP contribution in [0.1, 0.15) is 18.4 Å². The number of halogens is 1. The summed E-state index contributed by atoms with van der Waals surface area (Å²) in [5.41, 5.74) is 0.907. The fourth-order valence-corrected chi connectivity index (χ4v) is 2.05. The van der Waals surface area contributed by atoms with Crippen molar-refractivity contribution in [1.29, 1.82) is 0 Å². The first-order valence-electron chi connectivity index (χ1n) is 6.01. The van der Waals surface area contributed by atoms with Gasteiger partial charge in [-0.15, -0.1) is 0 Å². The molecule has 0 radical (unpaired) electrons. The van der Waals surface area contributed by atoms with Gasteiger partial charge in [-0.1, -0.05) is 12.1 Å². The van der Waals surface area contributed by atoms with Crippen LogP contribution in [0.5, 0.6) is 0 Å². The van der Waals surface area contributed by atoms with Crippen molar-refractivity contribution in [2.45, 2.75) is 25.3 Å². The lowest BCUT2D eigenvalue weighted by Gasteiger charge is -2.10. The van der Waals surface area contributed by atoms with Gasteiger partial charge >= 0.3 is 0 Å². The third-order valence-electron chi connectivity index (χ3n) is 2.98. The summed E-state index contributed by atoms with van der Waals surface area (Å²) in [7, 11) is 0. The van der Waals surface area contributed by atoms with Crippen LogP contribution in [0.15, 0.2) is 24.3 Å². The molecule has 1 amide bonds. The molecule has 1 fully saturated rings. The van der Waals surface area contributed by atoms with Gasteiger partial charge in [0.1, 0.15) is 5.82 Å². The monoisotopic (exact) mass is 236 g/mol. The Balaban J connectivity index is 1.73. The molecule has 0 spiro atoms. The average molecular weight is 236 g/mol. The van der Waals surface area contributed by atoms with Crippen LogP contribution in [0.4, 0.5) is 4.39 Å². The molecule has 1 heterocycles. The number of carbonyl (C=O) groups is 1. The molecule has 0 aromatic heterocycles. The van der Waals surface area contributed by atoms with Gasteiger partial charge in [-0.3, -0.25) is 4.79 Å². The number of carbonyl (C=O) groups excluding carboxylic acids is 1. The van der Waals surface area contributed by atoms with Crippen molar-refractivity contribution in [2.24, 2.45) is 0 Å². The Hall–Kier alpha value is -1.42. The molecule has 2 N–H and O–H groups in total. The molecule has 0 bridgehead atoms. The van der Waals surface area contributed by atoms with Crippen LogP contribution in [-0.2, 0) is 11.2 Å². The fourth-order valence-electron chi connectivity index (χ4n) is 2.05. The van der Waals surface area contributed by atoms with Gasteiger partial charge in [0.25, 0.3) is 0 Å². The third kappa shape index (κ3) is 3.53. The second-order valence-electron chi connectivity index (χ2n) is 4.32. The summed E-state index contributed by atoms with van der Waals surface area (Å²) in [6.45, 7) is 1.47. The lowest BCUT2D eigenvalue weighted by molar-refractivity contribution is -0.122. The summed E-state index contributed by atoms with van der Waals surface area (Å²) < 4.78 is 12.9. The van der Waals surface area contributed by atoms with E-state index in [-0.39, 0.29) is 17.8 Å². The Labute approximate surface area is 100 Å². The summed E-state index contributed by atoms with van der Waals surface area (Å²) in [5, 5.41) is 6.01. The van der Waals surface area contributed by atoms with Crippen LogP contribution in [-0.4, -0.2) is 25.0 Å². The summed E-state index contributed by atoms with van der Waals surface area (Å²) in [4.78, 5) is 11.7. The first-order valence-corrected chi connectivity index (χ1v) is 6.01. The second kappa shape index (κ2) is 5.77. The third-order valence-corrected chi connectivity index (χ3v) is 2.98. The van der Waals surface area contributed by atoms with Gasteiger partial charge in [0.2, 0.25) is 5.91 Å². The second-order valence-corrected chi connectivity index (χ2v) is 4.32. The van der Waals surface area contributed by atoms with Gasteiger partial charge < -0.3 is 10.6 Å². The van der Waals surface area contributed by atoms with E-state index in [0.717, 1.165) is 24.9 Å². The molecule has 1 aromatic carbocycles. The average Bonchev–Trinajstić information content (AvgIpc) is 2.82. The number of nitrogens with one attached hydrogen (secondary N) is 2. The van der Waals surface area contributed by atoms with Crippen molar-refractivity contribution in [1.82, 2.24) is 10.6 Å². The van der Waals surface area contributed by atoms with Crippen molar-refractivity contribution in [3.63, 3.8) is 0 Å². The minimum absolute atomic E-state index is 0.0393. The highest BCUT2D eigenvalue weighted by Crippen LogP contribution is 2.05. The van der Waals surface area contributed by atoms with Crippen molar-refractivity contribution < 1.29 is 9.18 Å². The molecular formula is C13H17FN2O. The highest BCUT2D eigenvalue weighted by Gasteiger charge is 2.21. The molecule has 17 heavy (non-hydrogen) atoms. The number of rotatable bonds is 4. The van der Waals surface area contributed by atoms with Crippen molar-refractivity contribution in [3.8, 4) is 0 Å². The number of hydrogen-bond donors (Lipinski definition) is 2. The van der Waals surface area contributed by atoms with E-state index < -0.39 is 0 Å². The lowest BCUT2D eigenvalue weighted by atomic mass is 10.1. The van der Waals surface area contributed by atoms with Crippen molar-refractivity contribution >= 4 is 5.91 Å². The van der Waals surface area contributed by atoms with E-state index in [4.69, 9.17) is 0 Å². The van der Waals surface area contributed by atoms with Gasteiger partial charge in [-0.25, -0.2) is 4.39 Å². The van der Waals surface area contributed by atoms with E-state index in [9.17, 15) is 9.18 Å². The lowest BCUT2D eigenvalue weighted by Crippen LogP contribution is -2.41. The van der Waals surface area contributed by atoms with Gasteiger partial charge in [0.15, 0.2) is 0 Å². The molecule has 0 unspecified atom stereocenters. The maximum absolute atomic E-state index is 12.9. The van der Waals surface area contributed by atoms with Crippen LogP contribution < -0.4 is 10.6 Å². The minimum atomic E-state index is -0.230. The fraction of sp³-hybridized carbons (Fsp3) is 0.462. The summed E-state index contributed by atoms with van der Waals surface area (Å²) in [5.74, 6) is -0.176. The molecule has 1 aliphatic heterocycles. The number of amides is 1. The summed E-state index contributed by atoms with van der Waals surface area (Å²) >= 11 is 0. The number of hydrogen-bond acceptors (Lipinski definition) is 2. The van der Waals surface area contributed by atoms with Gasteiger partial charge in [-0.05, 0) is 43.5 Å². The van der Waals surface area contributed by atoms with E-state index in [1.165, 1.54) is 12.1 Å². The summed E-state index contributed by atoms with van der Waals surface area (Å²) in [6, 6.07) is 6.43. The maximum atomic E-state index is 12.9. The molecule has 2 rings (SSSR count). The molecular weight excluding hydrogens is 219 g/mol. The molecule has 92 valence electrons. The number of benzene rings is 1. The quantitative estimate of drug-likeness (QED) is 0.825. The SMILES string of the molecule is O=C(NCCc1cccc(F)c1)[C@@H]1CCCN1. The maximum Gasteiger partial charge on any atom is 0.237 e. The Kier molecular flexibility index (Phi) is 4.09. The predicted molar refractivity (Wildman–Crippen MR) is 64.1 cm³/mol. The van der Waals surface area contributed by atoms with E-state index in [1.807, 2.05) is 6.07 Å². The normalized spacial score (nSPS) is 19.2. The largest absolute Gasteiger partial charge is 0.354 e. The molecule has 4 heteroatoms. The predicted octanol–water partition coefficient (Wildman–Crippen LogP) is 1.24. The van der Waals surface area contributed by atoms with Crippen LogP contribution in [0, 0.1) is 5.82 Å². The first kappa shape index (κ1) is 12.0. The van der Waals surface area contributed by atoms with E-state index in [1.54, 1.807) is 6.07 Å². The van der Waals surface area contributed by atoms with E-state index in [0.29, 0.717) is 13.0 Å². The first-order chi connectivity index (χ1) is 8.25. The topological polar surface area (TPSA) is 41.1 Å². The molecule has 1 aliphatic rings. The molecule has 0 aliphatic carbocycles. The van der Waals surface area contributed by atoms with Crippen molar-refractivity contribution in [2.75, 3.05) is 13.1 Å². The van der Waals surface area contributed by atoms with Crippen LogP contribution in [0.3, 0.4) is 0 Å². The van der Waals surface area contributed by atoms with Crippen molar-refractivity contribution in [3.05, 3.63) is 35.6 Å². The Morgan fingerprint density at radius 1 is 1.53 bits per heavy atom. The van der Waals surface area contributed by atoms with Gasteiger partial charge in [-0.2, -0.15) is 0 Å².